The number of nitrogens with one attached hydrogen (secondary N) is 1. The van der Waals surface area contributed by atoms with E-state index in [2.05, 4.69) is 15.3 Å². The van der Waals surface area contributed by atoms with Crippen LogP contribution in [0.25, 0.3) is 0 Å². The average molecular weight is 420 g/mol. The standard InChI is InChI=1S/C20H22F2N4O4/c1-11(2)30-20(28)25-17-15-9-26(19(27)14(15)4-5-23-17)8-13-6-12(3)18(24-7-13)29-10-16(21)22/h4-7,11,16H,8-10H2,1-3H3,(H,23,25,28). The first-order chi connectivity index (χ1) is 14.2. The number of hydrogen-bond acceptors (Lipinski definition) is 6. The van der Waals surface area contributed by atoms with E-state index in [0.717, 1.165) is 5.56 Å². The highest BCUT2D eigenvalue weighted by atomic mass is 19.3. The quantitative estimate of drug-likeness (QED) is 0.736. The topological polar surface area (TPSA) is 93.7 Å². The maximum absolute atomic E-state index is 12.8. The minimum atomic E-state index is -2.58. The zero-order valence-corrected chi connectivity index (χ0v) is 16.8. The van der Waals surface area contributed by atoms with Crippen LogP contribution in [0.4, 0.5) is 19.4 Å². The van der Waals surface area contributed by atoms with Crippen molar-refractivity contribution in [1.82, 2.24) is 14.9 Å². The van der Waals surface area contributed by atoms with Crippen LogP contribution in [-0.4, -0.2) is 46.0 Å². The summed E-state index contributed by atoms with van der Waals surface area (Å²) in [6.45, 7) is 4.94. The molecule has 160 valence electrons. The van der Waals surface area contributed by atoms with Crippen molar-refractivity contribution < 1.29 is 27.8 Å². The second kappa shape index (κ2) is 9.02. The number of carbonyl (C=O) groups excluding carboxylic acids is 2. The first kappa shape index (κ1) is 21.4. The van der Waals surface area contributed by atoms with E-state index in [4.69, 9.17) is 9.47 Å². The van der Waals surface area contributed by atoms with Gasteiger partial charge in [-0.05, 0) is 38.5 Å². The molecule has 3 rings (SSSR count). The Hall–Kier alpha value is -3.30. The fourth-order valence-electron chi connectivity index (χ4n) is 3.08. The fraction of sp³-hybridized carbons (Fsp3) is 0.400. The number of ether oxygens (including phenoxy) is 2. The van der Waals surface area contributed by atoms with Gasteiger partial charge in [-0.2, -0.15) is 0 Å². The number of aromatic nitrogens is 2. The molecule has 0 aliphatic carbocycles. The number of alkyl halides is 2. The van der Waals surface area contributed by atoms with E-state index >= 15 is 0 Å². The number of hydrogen-bond donors (Lipinski definition) is 1. The molecule has 30 heavy (non-hydrogen) atoms. The number of nitrogens with zero attached hydrogens (tertiary/aromatic N) is 3. The molecular weight excluding hydrogens is 398 g/mol. The van der Waals surface area contributed by atoms with Gasteiger partial charge in [-0.25, -0.2) is 23.5 Å². The van der Waals surface area contributed by atoms with Crippen LogP contribution >= 0.6 is 0 Å². The summed E-state index contributed by atoms with van der Waals surface area (Å²) < 4.78 is 34.7. The van der Waals surface area contributed by atoms with Crippen molar-refractivity contribution >= 4 is 17.8 Å². The Morgan fingerprint density at radius 2 is 2.10 bits per heavy atom. The molecule has 0 atom stereocenters. The summed E-state index contributed by atoms with van der Waals surface area (Å²) in [7, 11) is 0. The van der Waals surface area contributed by atoms with Crippen LogP contribution in [0.3, 0.4) is 0 Å². The largest absolute Gasteiger partial charge is 0.471 e. The zero-order chi connectivity index (χ0) is 21.8. The summed E-state index contributed by atoms with van der Waals surface area (Å²) in [6, 6.07) is 3.34. The molecule has 1 aliphatic rings. The second-order valence-electron chi connectivity index (χ2n) is 7.09. The van der Waals surface area contributed by atoms with E-state index < -0.39 is 19.1 Å². The maximum Gasteiger partial charge on any atom is 0.413 e. The van der Waals surface area contributed by atoms with E-state index in [1.807, 2.05) is 0 Å². The number of halogens is 2. The van der Waals surface area contributed by atoms with Gasteiger partial charge in [0.05, 0.1) is 12.6 Å². The number of anilines is 1. The molecule has 10 heteroatoms. The summed E-state index contributed by atoms with van der Waals surface area (Å²) in [5.41, 5.74) is 2.37. The van der Waals surface area contributed by atoms with Crippen LogP contribution in [0.15, 0.2) is 24.5 Å². The van der Waals surface area contributed by atoms with E-state index in [9.17, 15) is 18.4 Å². The highest BCUT2D eigenvalue weighted by Crippen LogP contribution is 2.29. The van der Waals surface area contributed by atoms with Crippen molar-refractivity contribution in [1.29, 1.82) is 0 Å². The maximum atomic E-state index is 12.8. The molecule has 1 N–H and O–H groups in total. The Bertz CT molecular complexity index is 952. The van der Waals surface area contributed by atoms with E-state index in [-0.39, 0.29) is 36.8 Å². The van der Waals surface area contributed by atoms with Crippen LogP contribution in [0.1, 0.15) is 40.9 Å². The number of pyridine rings is 2. The first-order valence-electron chi connectivity index (χ1n) is 9.36. The molecule has 0 saturated carbocycles. The number of aryl methyl sites for hydroxylation is 1. The third-order valence-electron chi connectivity index (χ3n) is 4.29. The van der Waals surface area contributed by atoms with Crippen molar-refractivity contribution in [3.05, 3.63) is 46.8 Å². The number of rotatable bonds is 7. The number of amides is 2. The smallest absolute Gasteiger partial charge is 0.413 e. The van der Waals surface area contributed by atoms with Gasteiger partial charge in [0.2, 0.25) is 5.88 Å². The molecular formula is C20H22F2N4O4. The molecule has 0 fully saturated rings. The minimum Gasteiger partial charge on any atom is -0.471 e. The lowest BCUT2D eigenvalue weighted by Crippen LogP contribution is -2.23. The van der Waals surface area contributed by atoms with Crippen molar-refractivity contribution in [2.75, 3.05) is 11.9 Å². The van der Waals surface area contributed by atoms with Crippen molar-refractivity contribution in [2.45, 2.75) is 46.4 Å². The second-order valence-corrected chi connectivity index (χ2v) is 7.09. The zero-order valence-electron chi connectivity index (χ0n) is 16.8. The third-order valence-corrected chi connectivity index (χ3v) is 4.29. The van der Waals surface area contributed by atoms with Gasteiger partial charge < -0.3 is 14.4 Å². The Kier molecular flexibility index (Phi) is 6.43. The molecule has 8 nitrogen and oxygen atoms in total. The molecule has 0 unspecified atom stereocenters. The van der Waals surface area contributed by atoms with Gasteiger partial charge in [-0.15, -0.1) is 0 Å². The van der Waals surface area contributed by atoms with Gasteiger partial charge in [-0.1, -0.05) is 0 Å². The normalized spacial score (nSPS) is 13.0. The molecule has 0 saturated heterocycles. The summed E-state index contributed by atoms with van der Waals surface area (Å²) in [5.74, 6) is 0.205. The molecule has 2 aromatic rings. The van der Waals surface area contributed by atoms with Gasteiger partial charge in [0.25, 0.3) is 12.3 Å². The summed E-state index contributed by atoms with van der Waals surface area (Å²) in [5, 5.41) is 2.58. The number of fused-ring (bicyclic) bond motifs is 1. The van der Waals surface area contributed by atoms with Crippen LogP contribution in [0.2, 0.25) is 0 Å². The van der Waals surface area contributed by atoms with Crippen LogP contribution in [-0.2, 0) is 17.8 Å². The van der Waals surface area contributed by atoms with Crippen LogP contribution in [0.5, 0.6) is 5.88 Å². The first-order valence-corrected chi connectivity index (χ1v) is 9.36. The summed E-state index contributed by atoms with van der Waals surface area (Å²) >= 11 is 0. The Morgan fingerprint density at radius 3 is 2.77 bits per heavy atom. The Labute approximate surface area is 172 Å². The van der Waals surface area contributed by atoms with E-state index in [1.54, 1.807) is 37.8 Å². The SMILES string of the molecule is Cc1cc(CN2Cc3c(ccnc3NC(=O)OC(C)C)C2=O)cnc1OCC(F)F. The molecule has 0 aromatic carbocycles. The van der Waals surface area contributed by atoms with Gasteiger partial charge in [0.15, 0.2) is 6.61 Å². The molecule has 1 aliphatic heterocycles. The number of carbonyl (C=O) groups is 2. The minimum absolute atomic E-state index is 0.134. The van der Waals surface area contributed by atoms with Gasteiger partial charge in [0.1, 0.15) is 5.82 Å². The predicted octanol–water partition coefficient (Wildman–Crippen LogP) is 3.54. The predicted molar refractivity (Wildman–Crippen MR) is 104 cm³/mol. The van der Waals surface area contributed by atoms with E-state index in [0.29, 0.717) is 16.7 Å². The lowest BCUT2D eigenvalue weighted by atomic mass is 10.1. The molecule has 0 spiro atoms. The molecule has 0 radical (unpaired) electrons. The van der Waals surface area contributed by atoms with E-state index in [1.165, 1.54) is 12.4 Å². The molecule has 3 heterocycles. The highest BCUT2D eigenvalue weighted by molar-refractivity contribution is 6.00. The molecule has 2 aromatic heterocycles. The monoisotopic (exact) mass is 420 g/mol. The fourth-order valence-corrected chi connectivity index (χ4v) is 3.08. The third kappa shape index (κ3) is 5.00. The van der Waals surface area contributed by atoms with Gasteiger partial charge >= 0.3 is 6.09 Å². The summed E-state index contributed by atoms with van der Waals surface area (Å²) in [6.07, 6.45) is -0.576. The lowest BCUT2D eigenvalue weighted by Gasteiger charge is -2.17. The Balaban J connectivity index is 1.71. The summed E-state index contributed by atoms with van der Waals surface area (Å²) in [4.78, 5) is 34.5. The van der Waals surface area contributed by atoms with Crippen molar-refractivity contribution in [3.63, 3.8) is 0 Å². The lowest BCUT2D eigenvalue weighted by molar-refractivity contribution is 0.0762. The Morgan fingerprint density at radius 1 is 1.33 bits per heavy atom. The van der Waals surface area contributed by atoms with Gasteiger partial charge in [0, 0.05) is 35.6 Å². The van der Waals surface area contributed by atoms with Gasteiger partial charge in [-0.3, -0.25) is 10.1 Å². The van der Waals surface area contributed by atoms with Crippen molar-refractivity contribution in [3.8, 4) is 5.88 Å². The average Bonchev–Trinajstić information content (AvgIpc) is 2.97. The van der Waals surface area contributed by atoms with Crippen LogP contribution < -0.4 is 10.1 Å². The van der Waals surface area contributed by atoms with Crippen molar-refractivity contribution in [2.24, 2.45) is 0 Å². The highest BCUT2D eigenvalue weighted by Gasteiger charge is 2.31. The molecule has 0 bridgehead atoms. The molecule has 2 amide bonds. The van der Waals surface area contributed by atoms with Crippen LogP contribution in [0, 0.1) is 6.92 Å².